The largest absolute Gasteiger partial charge is 0.396 e. The first-order chi connectivity index (χ1) is 10.1. The molecule has 0 radical (unpaired) electrons. The third-order valence-electron chi connectivity index (χ3n) is 3.30. The average Bonchev–Trinajstić information content (AvgIpc) is 2.94. The van der Waals surface area contributed by atoms with Crippen molar-refractivity contribution >= 4 is 17.0 Å². The Balaban J connectivity index is 2.26. The second kappa shape index (κ2) is 4.76. The van der Waals surface area contributed by atoms with E-state index in [-0.39, 0.29) is 22.7 Å². The summed E-state index contributed by atoms with van der Waals surface area (Å²) in [5.41, 5.74) is 7.53. The first-order valence-corrected chi connectivity index (χ1v) is 6.21. The Morgan fingerprint density at radius 2 is 1.95 bits per heavy atom. The highest BCUT2D eigenvalue weighted by Crippen LogP contribution is 2.24. The summed E-state index contributed by atoms with van der Waals surface area (Å²) in [5.74, 6) is -0.776. The molecule has 2 heterocycles. The summed E-state index contributed by atoms with van der Waals surface area (Å²) in [7, 11) is 0. The Bertz CT molecular complexity index is 888. The molecule has 21 heavy (non-hydrogen) atoms. The summed E-state index contributed by atoms with van der Waals surface area (Å²) in [6, 6.07) is 12.4. The van der Waals surface area contributed by atoms with Gasteiger partial charge < -0.3 is 10.1 Å². The Kier molecular flexibility index (Phi) is 2.92. The van der Waals surface area contributed by atoms with E-state index in [9.17, 15) is 9.18 Å². The summed E-state index contributed by atoms with van der Waals surface area (Å²) in [4.78, 5) is 12.6. The Morgan fingerprint density at radius 1 is 1.24 bits per heavy atom. The highest BCUT2D eigenvalue weighted by Gasteiger charge is 2.19. The molecular weight excluding hydrogens is 269 g/mol. The van der Waals surface area contributed by atoms with Gasteiger partial charge in [0.1, 0.15) is 17.6 Å². The van der Waals surface area contributed by atoms with E-state index in [0.29, 0.717) is 11.1 Å². The summed E-state index contributed by atoms with van der Waals surface area (Å²) in [6.07, 6.45) is 1.70. The Labute approximate surface area is 119 Å². The van der Waals surface area contributed by atoms with Gasteiger partial charge in [0.05, 0.1) is 11.3 Å². The summed E-state index contributed by atoms with van der Waals surface area (Å²) in [6.45, 7) is 0. The Morgan fingerprint density at radius 3 is 2.62 bits per heavy atom. The van der Waals surface area contributed by atoms with Crippen LogP contribution >= 0.6 is 0 Å². The van der Waals surface area contributed by atoms with Gasteiger partial charge >= 0.3 is 0 Å². The van der Waals surface area contributed by atoms with Gasteiger partial charge in [-0.2, -0.15) is 5.26 Å². The van der Waals surface area contributed by atoms with Gasteiger partial charge in [0.2, 0.25) is 5.78 Å². The quantitative estimate of drug-likeness (QED) is 0.733. The molecule has 2 aromatic heterocycles. The average molecular weight is 279 g/mol. The van der Waals surface area contributed by atoms with Crippen molar-refractivity contribution in [2.45, 2.75) is 0 Å². The zero-order valence-electron chi connectivity index (χ0n) is 10.9. The van der Waals surface area contributed by atoms with Crippen LogP contribution in [0, 0.1) is 17.1 Å². The van der Waals surface area contributed by atoms with Gasteiger partial charge in [-0.25, -0.2) is 4.39 Å². The van der Waals surface area contributed by atoms with Gasteiger partial charge in [0, 0.05) is 17.3 Å². The van der Waals surface area contributed by atoms with Crippen LogP contribution in [0.4, 0.5) is 10.1 Å². The number of pyridine rings is 1. The number of ketones is 1. The highest BCUT2D eigenvalue weighted by molar-refractivity contribution is 6.12. The van der Waals surface area contributed by atoms with E-state index in [1.807, 2.05) is 6.07 Å². The molecule has 0 aliphatic rings. The van der Waals surface area contributed by atoms with Crippen LogP contribution in [0.2, 0.25) is 0 Å². The van der Waals surface area contributed by atoms with E-state index >= 15 is 0 Å². The van der Waals surface area contributed by atoms with E-state index in [1.54, 1.807) is 28.8 Å². The standard InChI is InChI=1S/C16H10FN3O/c17-12-5-3-10(4-6-12)16(21)15-14(19)11(9-18)8-13-2-1-7-20(13)15/h1-8H,19H2. The first kappa shape index (κ1) is 12.9. The SMILES string of the molecule is N#Cc1cc2cccn2c(C(=O)c2ccc(F)cc2)c1N. The van der Waals surface area contributed by atoms with E-state index in [0.717, 1.165) is 0 Å². The molecule has 0 aliphatic heterocycles. The van der Waals surface area contributed by atoms with Crippen molar-refractivity contribution in [1.82, 2.24) is 4.40 Å². The van der Waals surface area contributed by atoms with Crippen molar-refractivity contribution in [2.75, 3.05) is 5.73 Å². The number of fused-ring (bicyclic) bond motifs is 1. The number of aromatic nitrogens is 1. The number of nitrogens with zero attached hydrogens (tertiary/aromatic N) is 2. The number of nitrogens with two attached hydrogens (primary N) is 1. The predicted molar refractivity (Wildman–Crippen MR) is 76.4 cm³/mol. The van der Waals surface area contributed by atoms with Crippen molar-refractivity contribution in [2.24, 2.45) is 0 Å². The molecule has 3 rings (SSSR count). The third-order valence-corrected chi connectivity index (χ3v) is 3.30. The fourth-order valence-corrected chi connectivity index (χ4v) is 2.26. The highest BCUT2D eigenvalue weighted by atomic mass is 19.1. The minimum Gasteiger partial charge on any atom is -0.396 e. The number of rotatable bonds is 2. The number of carbonyl (C=O) groups is 1. The lowest BCUT2D eigenvalue weighted by molar-refractivity contribution is 0.103. The maximum absolute atomic E-state index is 13.0. The molecule has 0 saturated heterocycles. The van der Waals surface area contributed by atoms with E-state index < -0.39 is 5.82 Å². The molecule has 0 fully saturated rings. The van der Waals surface area contributed by atoms with Crippen molar-refractivity contribution in [3.63, 3.8) is 0 Å². The van der Waals surface area contributed by atoms with Crippen molar-refractivity contribution in [1.29, 1.82) is 5.26 Å². The third kappa shape index (κ3) is 2.03. The number of anilines is 1. The van der Waals surface area contributed by atoms with Crippen LogP contribution in [-0.4, -0.2) is 10.2 Å². The number of carbonyl (C=O) groups excluding carboxylic acids is 1. The minimum atomic E-state index is -0.420. The van der Waals surface area contributed by atoms with Crippen molar-refractivity contribution < 1.29 is 9.18 Å². The van der Waals surface area contributed by atoms with Gasteiger partial charge in [-0.3, -0.25) is 4.79 Å². The van der Waals surface area contributed by atoms with Crippen LogP contribution in [0.5, 0.6) is 0 Å². The molecule has 1 aromatic carbocycles. The van der Waals surface area contributed by atoms with Gasteiger partial charge in [-0.15, -0.1) is 0 Å². The molecule has 0 bridgehead atoms. The molecule has 0 atom stereocenters. The number of nitrogen functional groups attached to an aromatic ring is 1. The van der Waals surface area contributed by atoms with Crippen LogP contribution in [0.1, 0.15) is 21.6 Å². The van der Waals surface area contributed by atoms with Gasteiger partial charge in [-0.1, -0.05) is 0 Å². The van der Waals surface area contributed by atoms with Crippen LogP contribution in [0.15, 0.2) is 48.7 Å². The number of halogens is 1. The lowest BCUT2D eigenvalue weighted by Crippen LogP contribution is -2.12. The molecule has 3 aromatic rings. The zero-order valence-corrected chi connectivity index (χ0v) is 10.9. The molecule has 0 spiro atoms. The van der Waals surface area contributed by atoms with Gasteiger partial charge in [0.25, 0.3) is 0 Å². The van der Waals surface area contributed by atoms with Crippen LogP contribution < -0.4 is 5.73 Å². The number of benzene rings is 1. The maximum atomic E-state index is 13.0. The van der Waals surface area contributed by atoms with Crippen molar-refractivity contribution in [3.05, 3.63) is 71.3 Å². The number of hydrogen-bond acceptors (Lipinski definition) is 3. The topological polar surface area (TPSA) is 71.3 Å². The minimum absolute atomic E-state index is 0.121. The smallest absolute Gasteiger partial charge is 0.211 e. The Hall–Kier alpha value is -3.13. The summed E-state index contributed by atoms with van der Waals surface area (Å²) < 4.78 is 14.6. The maximum Gasteiger partial charge on any atom is 0.211 e. The molecule has 0 saturated carbocycles. The fraction of sp³-hybridized carbons (Fsp3) is 0. The monoisotopic (exact) mass is 279 g/mol. The molecule has 2 N–H and O–H groups in total. The molecule has 5 heteroatoms. The van der Waals surface area contributed by atoms with E-state index in [1.165, 1.54) is 24.3 Å². The lowest BCUT2D eigenvalue weighted by atomic mass is 10.0. The molecule has 4 nitrogen and oxygen atoms in total. The molecular formula is C16H10FN3O. The van der Waals surface area contributed by atoms with E-state index in [4.69, 9.17) is 11.0 Å². The van der Waals surface area contributed by atoms with Crippen molar-refractivity contribution in [3.8, 4) is 6.07 Å². The van der Waals surface area contributed by atoms with Crippen LogP contribution in [0.3, 0.4) is 0 Å². The van der Waals surface area contributed by atoms with Gasteiger partial charge in [-0.05, 0) is 42.5 Å². The molecule has 0 unspecified atom stereocenters. The van der Waals surface area contributed by atoms with Crippen LogP contribution in [0.25, 0.3) is 5.52 Å². The summed E-state index contributed by atoms with van der Waals surface area (Å²) in [5, 5.41) is 9.13. The number of nitriles is 1. The zero-order chi connectivity index (χ0) is 15.0. The van der Waals surface area contributed by atoms with Gasteiger partial charge in [0.15, 0.2) is 0 Å². The lowest BCUT2D eigenvalue weighted by Gasteiger charge is -2.10. The number of hydrogen-bond donors (Lipinski definition) is 1. The normalized spacial score (nSPS) is 10.5. The second-order valence-electron chi connectivity index (χ2n) is 4.57. The fourth-order valence-electron chi connectivity index (χ4n) is 2.26. The summed E-state index contributed by atoms with van der Waals surface area (Å²) >= 11 is 0. The molecule has 0 aliphatic carbocycles. The molecule has 0 amide bonds. The predicted octanol–water partition coefficient (Wildman–Crippen LogP) is 2.76. The second-order valence-corrected chi connectivity index (χ2v) is 4.57. The van der Waals surface area contributed by atoms with Crippen LogP contribution in [-0.2, 0) is 0 Å². The first-order valence-electron chi connectivity index (χ1n) is 6.21. The van der Waals surface area contributed by atoms with E-state index in [2.05, 4.69) is 0 Å². The molecule has 102 valence electrons.